The van der Waals surface area contributed by atoms with Gasteiger partial charge in [-0.15, -0.1) is 0 Å². The molecule has 0 saturated heterocycles. The van der Waals surface area contributed by atoms with E-state index in [0.29, 0.717) is 6.04 Å². The summed E-state index contributed by atoms with van der Waals surface area (Å²) in [5.41, 5.74) is 1.13. The van der Waals surface area contributed by atoms with Gasteiger partial charge in [0.2, 0.25) is 0 Å². The highest BCUT2D eigenvalue weighted by molar-refractivity contribution is 5.57. The molecule has 0 radical (unpaired) electrons. The first-order chi connectivity index (χ1) is 8.15. The van der Waals surface area contributed by atoms with Crippen LogP contribution in [0.15, 0.2) is 6.33 Å². The second kappa shape index (κ2) is 6.42. The molecule has 1 N–H and O–H groups in total. The van der Waals surface area contributed by atoms with Gasteiger partial charge in [-0.2, -0.15) is 0 Å². The number of nitrogens with zero attached hydrogens (tertiary/aromatic N) is 3. The van der Waals surface area contributed by atoms with E-state index in [-0.39, 0.29) is 0 Å². The van der Waals surface area contributed by atoms with Crippen molar-refractivity contribution in [3.8, 4) is 0 Å². The molecule has 0 spiro atoms. The van der Waals surface area contributed by atoms with Gasteiger partial charge >= 0.3 is 0 Å². The highest BCUT2D eigenvalue weighted by Gasteiger charge is 2.16. The first-order valence-electron chi connectivity index (χ1n) is 6.43. The number of nitrogens with one attached hydrogen (secondary N) is 1. The summed E-state index contributed by atoms with van der Waals surface area (Å²) in [6.07, 6.45) is 3.90. The molecule has 1 heterocycles. The van der Waals surface area contributed by atoms with Gasteiger partial charge in [0.05, 0.1) is 0 Å². The quantitative estimate of drug-likeness (QED) is 0.824. The van der Waals surface area contributed by atoms with Gasteiger partial charge in [0, 0.05) is 25.2 Å². The first kappa shape index (κ1) is 13.7. The van der Waals surface area contributed by atoms with Crippen molar-refractivity contribution in [1.82, 2.24) is 9.97 Å². The highest BCUT2D eigenvalue weighted by Crippen LogP contribution is 2.24. The van der Waals surface area contributed by atoms with E-state index in [9.17, 15) is 0 Å². The van der Waals surface area contributed by atoms with Gasteiger partial charge in [0.15, 0.2) is 0 Å². The Hall–Kier alpha value is -1.32. The lowest BCUT2D eigenvalue weighted by Gasteiger charge is -2.28. The molecule has 4 nitrogen and oxygen atoms in total. The van der Waals surface area contributed by atoms with E-state index in [1.54, 1.807) is 6.33 Å². The maximum Gasteiger partial charge on any atom is 0.137 e. The molecule has 17 heavy (non-hydrogen) atoms. The molecular weight excluding hydrogens is 212 g/mol. The van der Waals surface area contributed by atoms with Crippen molar-refractivity contribution in [1.29, 1.82) is 0 Å². The van der Waals surface area contributed by atoms with Crippen LogP contribution in [0.1, 0.15) is 39.2 Å². The monoisotopic (exact) mass is 236 g/mol. The highest BCUT2D eigenvalue weighted by atomic mass is 15.2. The molecule has 0 saturated carbocycles. The van der Waals surface area contributed by atoms with Crippen molar-refractivity contribution in [3.63, 3.8) is 0 Å². The minimum absolute atomic E-state index is 0.540. The third kappa shape index (κ3) is 3.08. The summed E-state index contributed by atoms with van der Waals surface area (Å²) in [6.45, 7) is 9.46. The fraction of sp³-hybridized carbons (Fsp3) is 0.692. The Labute approximate surface area is 104 Å². The van der Waals surface area contributed by atoms with E-state index in [4.69, 9.17) is 0 Å². The fourth-order valence-electron chi connectivity index (χ4n) is 2.15. The summed E-state index contributed by atoms with van der Waals surface area (Å²) in [5, 5.41) is 3.27. The van der Waals surface area contributed by atoms with Gasteiger partial charge in [0.25, 0.3) is 0 Å². The average molecular weight is 236 g/mol. The Kier molecular flexibility index (Phi) is 5.19. The zero-order valence-electron chi connectivity index (χ0n) is 11.6. The first-order valence-corrected chi connectivity index (χ1v) is 6.43. The molecule has 0 bridgehead atoms. The maximum atomic E-state index is 4.41. The van der Waals surface area contributed by atoms with Crippen molar-refractivity contribution < 1.29 is 0 Å². The molecule has 1 aromatic heterocycles. The topological polar surface area (TPSA) is 41.1 Å². The predicted molar refractivity (Wildman–Crippen MR) is 73.7 cm³/mol. The minimum Gasteiger partial charge on any atom is -0.370 e. The van der Waals surface area contributed by atoms with E-state index in [1.807, 2.05) is 0 Å². The van der Waals surface area contributed by atoms with Gasteiger partial charge in [0.1, 0.15) is 18.0 Å². The van der Waals surface area contributed by atoms with Crippen molar-refractivity contribution in [2.45, 2.75) is 46.6 Å². The second-order valence-electron chi connectivity index (χ2n) is 4.28. The van der Waals surface area contributed by atoms with E-state index < -0.39 is 0 Å². The zero-order valence-corrected chi connectivity index (χ0v) is 11.6. The Morgan fingerprint density at radius 3 is 2.41 bits per heavy atom. The van der Waals surface area contributed by atoms with Crippen LogP contribution in [-0.4, -0.2) is 29.6 Å². The lowest BCUT2D eigenvalue weighted by atomic mass is 10.1. The van der Waals surface area contributed by atoms with Crippen molar-refractivity contribution >= 4 is 11.6 Å². The van der Waals surface area contributed by atoms with E-state index >= 15 is 0 Å². The molecule has 1 aromatic rings. The molecule has 0 aliphatic rings. The molecule has 96 valence electrons. The van der Waals surface area contributed by atoms with E-state index in [1.165, 1.54) is 0 Å². The van der Waals surface area contributed by atoms with Crippen molar-refractivity contribution in [2.24, 2.45) is 0 Å². The number of anilines is 2. The van der Waals surface area contributed by atoms with Crippen LogP contribution in [0.3, 0.4) is 0 Å². The van der Waals surface area contributed by atoms with E-state index in [2.05, 4.69) is 54.9 Å². The lowest BCUT2D eigenvalue weighted by molar-refractivity contribution is 0.585. The number of aromatic nitrogens is 2. The number of rotatable bonds is 6. The molecule has 4 heteroatoms. The van der Waals surface area contributed by atoms with Crippen LogP contribution < -0.4 is 10.2 Å². The van der Waals surface area contributed by atoms with Gasteiger partial charge in [-0.25, -0.2) is 9.97 Å². The van der Waals surface area contributed by atoms with Crippen LogP contribution in [0.25, 0.3) is 0 Å². The Bertz CT molecular complexity index is 347. The summed E-state index contributed by atoms with van der Waals surface area (Å²) < 4.78 is 0. The molecule has 0 unspecified atom stereocenters. The van der Waals surface area contributed by atoms with Gasteiger partial charge in [-0.1, -0.05) is 13.8 Å². The lowest BCUT2D eigenvalue weighted by Crippen LogP contribution is -2.32. The molecule has 0 atom stereocenters. The number of hydrogen-bond donors (Lipinski definition) is 1. The molecule has 1 rings (SSSR count). The summed E-state index contributed by atoms with van der Waals surface area (Å²) >= 11 is 0. The standard InChI is InChI=1S/C13H24N4/c1-6-11(7-2)17(5)13-10(4)12(14-8-3)15-9-16-13/h9,11H,6-8H2,1-5H3,(H,14,15,16). The van der Waals surface area contributed by atoms with Crippen LogP contribution >= 0.6 is 0 Å². The molecule has 0 amide bonds. The smallest absolute Gasteiger partial charge is 0.137 e. The van der Waals surface area contributed by atoms with E-state index in [0.717, 1.165) is 36.6 Å². The van der Waals surface area contributed by atoms with Crippen LogP contribution in [0.5, 0.6) is 0 Å². The minimum atomic E-state index is 0.540. The Balaban J connectivity index is 3.00. The average Bonchev–Trinajstić information content (AvgIpc) is 2.33. The predicted octanol–water partition coefficient (Wildman–Crippen LogP) is 2.84. The summed E-state index contributed by atoms with van der Waals surface area (Å²) in [4.78, 5) is 10.9. The maximum absolute atomic E-state index is 4.41. The van der Waals surface area contributed by atoms with Gasteiger partial charge < -0.3 is 10.2 Å². The van der Waals surface area contributed by atoms with Crippen molar-refractivity contribution in [3.05, 3.63) is 11.9 Å². The third-order valence-electron chi connectivity index (χ3n) is 3.23. The van der Waals surface area contributed by atoms with Crippen molar-refractivity contribution in [2.75, 3.05) is 23.8 Å². The Morgan fingerprint density at radius 1 is 1.24 bits per heavy atom. The third-order valence-corrected chi connectivity index (χ3v) is 3.23. The van der Waals surface area contributed by atoms with Crippen LogP contribution in [0, 0.1) is 6.92 Å². The van der Waals surface area contributed by atoms with Gasteiger partial charge in [-0.3, -0.25) is 0 Å². The second-order valence-corrected chi connectivity index (χ2v) is 4.28. The summed E-state index contributed by atoms with van der Waals surface area (Å²) in [5.74, 6) is 1.97. The molecular formula is C13H24N4. The van der Waals surface area contributed by atoms with Gasteiger partial charge in [-0.05, 0) is 26.7 Å². The molecule has 0 aliphatic heterocycles. The Morgan fingerprint density at radius 2 is 1.88 bits per heavy atom. The zero-order chi connectivity index (χ0) is 12.8. The van der Waals surface area contributed by atoms with Crippen LogP contribution in [-0.2, 0) is 0 Å². The molecule has 0 fully saturated rings. The SMILES string of the molecule is CCNc1ncnc(N(C)C(CC)CC)c1C. The van der Waals surface area contributed by atoms with Crippen LogP contribution in [0.2, 0.25) is 0 Å². The van der Waals surface area contributed by atoms with Crippen LogP contribution in [0.4, 0.5) is 11.6 Å². The molecule has 0 aromatic carbocycles. The largest absolute Gasteiger partial charge is 0.370 e. The molecule has 0 aliphatic carbocycles. The summed E-state index contributed by atoms with van der Waals surface area (Å²) in [7, 11) is 2.11. The normalized spacial score (nSPS) is 10.7. The fourth-order valence-corrected chi connectivity index (χ4v) is 2.15. The summed E-state index contributed by atoms with van der Waals surface area (Å²) in [6, 6.07) is 0.540. The number of hydrogen-bond acceptors (Lipinski definition) is 4.